The van der Waals surface area contributed by atoms with E-state index in [2.05, 4.69) is 30.9 Å². The number of aliphatic hydroxyl groups is 1. The number of hydrogen-bond donors (Lipinski definition) is 5. The monoisotopic (exact) mass is 667 g/mol. The Morgan fingerprint density at radius 3 is 2.38 bits per heavy atom. The van der Waals surface area contributed by atoms with E-state index in [9.17, 15) is 19.5 Å². The normalized spacial score (nSPS) is 16.4. The van der Waals surface area contributed by atoms with E-state index < -0.39 is 47.7 Å². The Bertz CT molecular complexity index is 1400. The van der Waals surface area contributed by atoms with E-state index in [1.807, 2.05) is 48.1 Å². The summed E-state index contributed by atoms with van der Waals surface area (Å²) in [6.07, 6.45) is 11.6. The second kappa shape index (κ2) is 17.4. The van der Waals surface area contributed by atoms with Crippen molar-refractivity contribution in [1.29, 1.82) is 0 Å². The topological polar surface area (TPSA) is 163 Å². The van der Waals surface area contributed by atoms with Crippen LogP contribution in [0.2, 0.25) is 0 Å². The lowest BCUT2D eigenvalue weighted by atomic mass is 9.83. The molecule has 1 fully saturated rings. The molecule has 2 heterocycles. The predicted octanol–water partition coefficient (Wildman–Crippen LogP) is 3.91. The number of aromatic amines is 1. The van der Waals surface area contributed by atoms with E-state index in [1.54, 1.807) is 33.2 Å². The highest BCUT2D eigenvalue weighted by Gasteiger charge is 2.32. The van der Waals surface area contributed by atoms with Gasteiger partial charge in [0.15, 0.2) is 5.16 Å². The molecule has 256 valence electrons. The maximum Gasteiger partial charge on any atom is 0.408 e. The number of thioether (sulfide) groups is 1. The average molecular weight is 668 g/mol. The number of carbonyl (C=O) groups excluding carboxylic acids is 3. The van der Waals surface area contributed by atoms with Crippen LogP contribution in [0.1, 0.15) is 70.6 Å². The fraction of sp³-hybridized carbons (Fsp3) is 0.559. The summed E-state index contributed by atoms with van der Waals surface area (Å²) >= 11 is 1.43. The number of ether oxygens (including phenoxy) is 1. The molecule has 1 aliphatic rings. The first-order valence-electron chi connectivity index (χ1n) is 16.4. The Hall–Kier alpha value is -3.84. The molecule has 1 aromatic carbocycles. The predicted molar refractivity (Wildman–Crippen MR) is 181 cm³/mol. The Labute approximate surface area is 281 Å². The molecule has 0 bridgehead atoms. The summed E-state index contributed by atoms with van der Waals surface area (Å²) in [5.41, 5.74) is 0.725. The molecule has 12 nitrogen and oxygen atoms in total. The van der Waals surface area contributed by atoms with Gasteiger partial charge in [-0.2, -0.15) is 0 Å². The molecular formula is C34H49N7O5S. The van der Waals surface area contributed by atoms with Gasteiger partial charge in [0.25, 0.3) is 0 Å². The van der Waals surface area contributed by atoms with Crippen LogP contribution in [0.4, 0.5) is 4.79 Å². The van der Waals surface area contributed by atoms with Crippen molar-refractivity contribution in [3.05, 3.63) is 66.5 Å². The molecule has 5 N–H and O–H groups in total. The third kappa shape index (κ3) is 12.0. The number of carbonyl (C=O) groups is 3. The molecule has 47 heavy (non-hydrogen) atoms. The highest BCUT2D eigenvalue weighted by Crippen LogP contribution is 2.29. The zero-order valence-electron chi connectivity index (χ0n) is 27.8. The number of amides is 3. The van der Waals surface area contributed by atoms with Crippen LogP contribution in [0.25, 0.3) is 0 Å². The Morgan fingerprint density at radius 1 is 1.04 bits per heavy atom. The largest absolute Gasteiger partial charge is 0.444 e. The SMILES string of the molecule is Cn1ccnc1SC[C@@H](O)[C@H](CC1CCCCC1)NC(=O)[C@H](Cc1cnc[nH]1)NC(=O)[C@H](Cc1ccccc1)NC(=O)OC(C)(C)C. The second-order valence-corrected chi connectivity index (χ2v) is 14.3. The number of nitrogens with one attached hydrogen (secondary N) is 4. The van der Waals surface area contributed by atoms with Crippen LogP contribution in [-0.4, -0.2) is 78.1 Å². The molecule has 4 rings (SSSR count). The van der Waals surface area contributed by atoms with Gasteiger partial charge in [0.2, 0.25) is 11.8 Å². The summed E-state index contributed by atoms with van der Waals surface area (Å²) in [5.74, 6) is -0.227. The minimum absolute atomic E-state index is 0.135. The first kappa shape index (κ1) is 36.0. The number of hydrogen-bond acceptors (Lipinski definition) is 8. The lowest BCUT2D eigenvalue weighted by molar-refractivity contribution is -0.130. The van der Waals surface area contributed by atoms with Gasteiger partial charge in [-0.3, -0.25) is 9.59 Å². The van der Waals surface area contributed by atoms with Crippen molar-refractivity contribution in [1.82, 2.24) is 35.5 Å². The van der Waals surface area contributed by atoms with Crippen molar-refractivity contribution < 1.29 is 24.2 Å². The number of H-pyrrole nitrogens is 1. The standard InChI is InChI=1S/C34H49N7O5S/c1-34(2,3)46-33(45)40-27(18-24-13-9-6-10-14-24)30(43)39-28(19-25-20-35-22-37-25)31(44)38-26(17-23-11-7-5-8-12-23)29(42)21-47-32-36-15-16-41(32)4/h6,9-10,13-16,20,22-23,26-29,42H,5,7-8,11-12,17-19,21H2,1-4H3,(H,35,37)(H,38,44)(H,39,43)(H,40,45)/t26-,27-,28-,29+/m0/s1. The van der Waals surface area contributed by atoms with Gasteiger partial charge in [-0.15, -0.1) is 0 Å². The quantitative estimate of drug-likeness (QED) is 0.152. The second-order valence-electron chi connectivity index (χ2n) is 13.3. The third-order valence-corrected chi connectivity index (χ3v) is 9.33. The van der Waals surface area contributed by atoms with E-state index in [0.29, 0.717) is 23.8 Å². The highest BCUT2D eigenvalue weighted by molar-refractivity contribution is 7.99. The van der Waals surface area contributed by atoms with Crippen LogP contribution < -0.4 is 16.0 Å². The van der Waals surface area contributed by atoms with E-state index in [-0.39, 0.29) is 12.8 Å². The summed E-state index contributed by atoms with van der Waals surface area (Å²) in [7, 11) is 1.90. The van der Waals surface area contributed by atoms with E-state index in [4.69, 9.17) is 4.74 Å². The van der Waals surface area contributed by atoms with Crippen LogP contribution in [0.5, 0.6) is 0 Å². The van der Waals surface area contributed by atoms with Crippen molar-refractivity contribution in [3.8, 4) is 0 Å². The number of benzene rings is 1. The Morgan fingerprint density at radius 2 is 1.74 bits per heavy atom. The molecule has 1 aliphatic carbocycles. The zero-order chi connectivity index (χ0) is 33.8. The Kier molecular flexibility index (Phi) is 13.3. The number of aromatic nitrogens is 4. The maximum atomic E-state index is 14.0. The van der Waals surface area contributed by atoms with Gasteiger partial charge < -0.3 is 35.3 Å². The van der Waals surface area contributed by atoms with Crippen molar-refractivity contribution in [2.24, 2.45) is 13.0 Å². The molecule has 13 heteroatoms. The third-order valence-electron chi connectivity index (χ3n) is 8.17. The smallest absolute Gasteiger partial charge is 0.408 e. The first-order chi connectivity index (χ1) is 22.5. The lowest BCUT2D eigenvalue weighted by Crippen LogP contribution is -2.58. The number of aryl methyl sites for hydroxylation is 1. The molecule has 3 amide bonds. The highest BCUT2D eigenvalue weighted by atomic mass is 32.2. The summed E-state index contributed by atoms with van der Waals surface area (Å²) in [4.78, 5) is 52.1. The fourth-order valence-electron chi connectivity index (χ4n) is 5.75. The van der Waals surface area contributed by atoms with Gasteiger partial charge in [-0.25, -0.2) is 14.8 Å². The first-order valence-corrected chi connectivity index (χ1v) is 17.3. The number of nitrogens with zero attached hydrogens (tertiary/aromatic N) is 3. The molecule has 1 saturated carbocycles. The van der Waals surface area contributed by atoms with Crippen molar-refractivity contribution in [3.63, 3.8) is 0 Å². The molecule has 0 unspecified atom stereocenters. The van der Waals surface area contributed by atoms with Gasteiger partial charge in [-0.05, 0) is 38.7 Å². The van der Waals surface area contributed by atoms with E-state index >= 15 is 0 Å². The van der Waals surface area contributed by atoms with Crippen molar-refractivity contribution >= 4 is 29.7 Å². The minimum Gasteiger partial charge on any atom is -0.444 e. The molecule has 0 radical (unpaired) electrons. The van der Waals surface area contributed by atoms with Crippen LogP contribution in [-0.2, 0) is 34.2 Å². The Balaban J connectivity index is 1.52. The van der Waals surface area contributed by atoms with Crippen LogP contribution >= 0.6 is 11.8 Å². The fourth-order valence-corrected chi connectivity index (χ4v) is 6.70. The summed E-state index contributed by atoms with van der Waals surface area (Å²) in [6, 6.07) is 6.77. The van der Waals surface area contributed by atoms with E-state index in [1.165, 1.54) is 24.5 Å². The van der Waals surface area contributed by atoms with Gasteiger partial charge in [0.05, 0.1) is 18.5 Å². The maximum absolute atomic E-state index is 14.0. The van der Waals surface area contributed by atoms with Gasteiger partial charge in [0, 0.05) is 49.9 Å². The van der Waals surface area contributed by atoms with Crippen LogP contribution in [0.15, 0.2) is 60.4 Å². The minimum atomic E-state index is -1.01. The molecular weight excluding hydrogens is 618 g/mol. The number of rotatable bonds is 15. The number of aliphatic hydroxyl groups excluding tert-OH is 1. The number of imidazole rings is 2. The summed E-state index contributed by atoms with van der Waals surface area (Å²) in [6.45, 7) is 5.24. The summed E-state index contributed by atoms with van der Waals surface area (Å²) in [5, 5.41) is 20.9. The van der Waals surface area contributed by atoms with Gasteiger partial charge in [-0.1, -0.05) is 74.2 Å². The van der Waals surface area contributed by atoms with E-state index in [0.717, 1.165) is 36.4 Å². The molecule has 4 atom stereocenters. The zero-order valence-corrected chi connectivity index (χ0v) is 28.6. The molecule has 0 spiro atoms. The van der Waals surface area contributed by atoms with Gasteiger partial charge >= 0.3 is 6.09 Å². The molecule has 3 aromatic rings. The van der Waals surface area contributed by atoms with Crippen LogP contribution in [0, 0.1) is 5.92 Å². The average Bonchev–Trinajstić information content (AvgIpc) is 3.70. The van der Waals surface area contributed by atoms with Crippen LogP contribution in [0.3, 0.4) is 0 Å². The molecule has 0 saturated heterocycles. The van der Waals surface area contributed by atoms with Gasteiger partial charge in [0.1, 0.15) is 17.7 Å². The molecule has 2 aromatic heterocycles. The van der Waals surface area contributed by atoms with Crippen molar-refractivity contribution in [2.45, 2.75) is 107 Å². The lowest BCUT2D eigenvalue weighted by Gasteiger charge is -2.31. The van der Waals surface area contributed by atoms with Crippen molar-refractivity contribution in [2.75, 3.05) is 5.75 Å². The summed E-state index contributed by atoms with van der Waals surface area (Å²) < 4.78 is 7.33. The number of alkyl carbamates (subject to hydrolysis) is 1. The molecule has 0 aliphatic heterocycles.